The molecule has 0 aromatic rings. The molecule has 0 amide bonds. The largest absolute Gasteiger partial charge is 0.300 e. The SMILES string of the molecule is CC(C)[C@@H](C)/C=C/[C@@H](C)[C@H]1CC[C@H]2C3=CC[C@]4(C#N)CC(=O)CC[C@]4(C)C3CC[C@]12C. The number of hydrogen-bond acceptors (Lipinski definition) is 2. The fraction of sp³-hybridized carbons (Fsp3) is 0.793. The zero-order chi connectivity index (χ0) is 22.6. The van der Waals surface area contributed by atoms with E-state index < -0.39 is 5.41 Å². The lowest BCUT2D eigenvalue weighted by molar-refractivity contribution is -0.131. The van der Waals surface area contributed by atoms with Crippen LogP contribution in [0.15, 0.2) is 23.8 Å². The second-order valence-corrected chi connectivity index (χ2v) is 12.4. The van der Waals surface area contributed by atoms with Crippen LogP contribution in [-0.2, 0) is 4.79 Å². The Kier molecular flexibility index (Phi) is 5.81. The summed E-state index contributed by atoms with van der Waals surface area (Å²) in [5.41, 5.74) is 1.55. The van der Waals surface area contributed by atoms with Gasteiger partial charge in [0.05, 0.1) is 11.5 Å². The van der Waals surface area contributed by atoms with Gasteiger partial charge in [-0.15, -0.1) is 0 Å². The van der Waals surface area contributed by atoms with Crippen LogP contribution in [0.1, 0.15) is 92.9 Å². The third kappa shape index (κ3) is 3.37. The van der Waals surface area contributed by atoms with Crippen molar-refractivity contribution in [2.24, 2.45) is 51.8 Å². The Bertz CT molecular complexity index is 830. The molecular formula is C29H43NO. The minimum Gasteiger partial charge on any atom is -0.300 e. The van der Waals surface area contributed by atoms with E-state index >= 15 is 0 Å². The van der Waals surface area contributed by atoms with Gasteiger partial charge in [0.1, 0.15) is 5.78 Å². The van der Waals surface area contributed by atoms with E-state index in [4.69, 9.17) is 0 Å². The Morgan fingerprint density at radius 3 is 2.48 bits per heavy atom. The van der Waals surface area contributed by atoms with Gasteiger partial charge in [0.25, 0.3) is 0 Å². The quantitative estimate of drug-likeness (QED) is 0.441. The lowest BCUT2D eigenvalue weighted by Gasteiger charge is -2.59. The van der Waals surface area contributed by atoms with Crippen molar-refractivity contribution in [3.05, 3.63) is 23.8 Å². The molecular weight excluding hydrogens is 378 g/mol. The first-order valence-electron chi connectivity index (χ1n) is 12.9. The molecule has 4 aliphatic rings. The Labute approximate surface area is 190 Å². The van der Waals surface area contributed by atoms with Gasteiger partial charge in [0.15, 0.2) is 0 Å². The van der Waals surface area contributed by atoms with Crippen molar-refractivity contribution in [1.82, 2.24) is 0 Å². The van der Waals surface area contributed by atoms with Crippen molar-refractivity contribution >= 4 is 5.78 Å². The summed E-state index contributed by atoms with van der Waals surface area (Å²) in [5.74, 6) is 4.17. The first-order valence-corrected chi connectivity index (χ1v) is 12.9. The van der Waals surface area contributed by atoms with Crippen molar-refractivity contribution in [3.63, 3.8) is 0 Å². The minimum absolute atomic E-state index is 0.0304. The van der Waals surface area contributed by atoms with E-state index in [9.17, 15) is 10.1 Å². The number of carbonyl (C=O) groups excluding carboxylic acids is 1. The number of rotatable bonds is 4. The predicted octanol–water partition coefficient (Wildman–Crippen LogP) is 7.51. The average molecular weight is 422 g/mol. The third-order valence-corrected chi connectivity index (χ3v) is 10.8. The highest BCUT2D eigenvalue weighted by Crippen LogP contribution is 2.69. The molecule has 0 aliphatic heterocycles. The van der Waals surface area contributed by atoms with Gasteiger partial charge >= 0.3 is 0 Å². The van der Waals surface area contributed by atoms with Gasteiger partial charge in [0, 0.05) is 12.8 Å². The summed E-state index contributed by atoms with van der Waals surface area (Å²) in [6.45, 7) is 14.3. The first-order chi connectivity index (χ1) is 14.6. The Morgan fingerprint density at radius 1 is 1.06 bits per heavy atom. The molecule has 3 fully saturated rings. The van der Waals surface area contributed by atoms with E-state index in [-0.39, 0.29) is 5.41 Å². The maximum absolute atomic E-state index is 12.3. The van der Waals surface area contributed by atoms with Crippen molar-refractivity contribution in [1.29, 1.82) is 5.26 Å². The van der Waals surface area contributed by atoms with E-state index in [0.717, 1.165) is 18.8 Å². The monoisotopic (exact) mass is 421 g/mol. The number of Topliss-reactive ketones (excluding diaryl/α,β-unsaturated/α-hetero) is 1. The number of hydrogen-bond donors (Lipinski definition) is 0. The topological polar surface area (TPSA) is 40.9 Å². The van der Waals surface area contributed by atoms with Crippen LogP contribution in [0.25, 0.3) is 0 Å². The zero-order valence-corrected chi connectivity index (χ0v) is 20.7. The van der Waals surface area contributed by atoms with Crippen molar-refractivity contribution in [3.8, 4) is 6.07 Å². The van der Waals surface area contributed by atoms with E-state index in [1.165, 1.54) is 25.7 Å². The molecule has 2 nitrogen and oxygen atoms in total. The van der Waals surface area contributed by atoms with Gasteiger partial charge in [-0.25, -0.2) is 0 Å². The number of nitrogens with zero attached hydrogens (tertiary/aromatic N) is 1. The van der Waals surface area contributed by atoms with Crippen LogP contribution in [0, 0.1) is 63.1 Å². The Hall–Kier alpha value is -1.36. The van der Waals surface area contributed by atoms with Gasteiger partial charge in [-0.1, -0.05) is 65.3 Å². The molecule has 0 aromatic carbocycles. The molecule has 8 atom stereocenters. The molecule has 3 saturated carbocycles. The molecule has 0 aromatic heterocycles. The van der Waals surface area contributed by atoms with Gasteiger partial charge < -0.3 is 0 Å². The summed E-state index contributed by atoms with van der Waals surface area (Å²) in [4.78, 5) is 12.3. The molecule has 0 spiro atoms. The molecule has 4 rings (SSSR count). The van der Waals surface area contributed by atoms with E-state index in [1.807, 2.05) is 0 Å². The van der Waals surface area contributed by atoms with Gasteiger partial charge in [-0.05, 0) is 84.9 Å². The normalized spacial score (nSPS) is 44.3. The number of nitriles is 1. The number of allylic oxidation sites excluding steroid dienone is 4. The van der Waals surface area contributed by atoms with Crippen LogP contribution in [0.5, 0.6) is 0 Å². The van der Waals surface area contributed by atoms with E-state index in [0.29, 0.717) is 53.6 Å². The van der Waals surface area contributed by atoms with Gasteiger partial charge in [0.2, 0.25) is 0 Å². The molecule has 2 heteroatoms. The number of fused-ring (bicyclic) bond motifs is 5. The smallest absolute Gasteiger partial charge is 0.134 e. The van der Waals surface area contributed by atoms with Crippen LogP contribution in [0.2, 0.25) is 0 Å². The molecule has 0 bridgehead atoms. The maximum Gasteiger partial charge on any atom is 0.134 e. The number of carbonyl (C=O) groups is 1. The minimum atomic E-state index is -0.467. The first kappa shape index (κ1) is 22.8. The van der Waals surface area contributed by atoms with Crippen molar-refractivity contribution in [2.75, 3.05) is 0 Å². The number of ketones is 1. The second kappa shape index (κ2) is 7.90. The fourth-order valence-corrected chi connectivity index (χ4v) is 8.16. The summed E-state index contributed by atoms with van der Waals surface area (Å²) in [6, 6.07) is 2.68. The predicted molar refractivity (Wildman–Crippen MR) is 127 cm³/mol. The maximum atomic E-state index is 12.3. The molecule has 0 radical (unpaired) electrons. The van der Waals surface area contributed by atoms with Crippen LogP contribution in [0.4, 0.5) is 0 Å². The highest BCUT2D eigenvalue weighted by Gasteiger charge is 2.63. The Morgan fingerprint density at radius 2 is 1.81 bits per heavy atom. The highest BCUT2D eigenvalue weighted by atomic mass is 16.1. The van der Waals surface area contributed by atoms with Gasteiger partial charge in [-0.3, -0.25) is 4.79 Å². The molecule has 0 heterocycles. The summed E-state index contributed by atoms with van der Waals surface area (Å²) in [5, 5.41) is 10.2. The van der Waals surface area contributed by atoms with Crippen LogP contribution in [-0.4, -0.2) is 5.78 Å². The summed E-state index contributed by atoms with van der Waals surface area (Å²) < 4.78 is 0. The molecule has 0 saturated heterocycles. The summed E-state index contributed by atoms with van der Waals surface area (Å²) in [7, 11) is 0. The van der Waals surface area contributed by atoms with Crippen LogP contribution >= 0.6 is 0 Å². The Balaban J connectivity index is 1.61. The molecule has 4 aliphatic carbocycles. The van der Waals surface area contributed by atoms with E-state index in [1.54, 1.807) is 5.57 Å². The van der Waals surface area contributed by atoms with Gasteiger partial charge in [-0.2, -0.15) is 5.26 Å². The van der Waals surface area contributed by atoms with Crippen LogP contribution < -0.4 is 0 Å². The zero-order valence-electron chi connectivity index (χ0n) is 20.7. The van der Waals surface area contributed by atoms with E-state index in [2.05, 4.69) is 65.8 Å². The molecule has 170 valence electrons. The molecule has 31 heavy (non-hydrogen) atoms. The average Bonchev–Trinajstić information content (AvgIpc) is 3.09. The lowest BCUT2D eigenvalue weighted by atomic mass is 9.43. The van der Waals surface area contributed by atoms with Crippen LogP contribution in [0.3, 0.4) is 0 Å². The highest BCUT2D eigenvalue weighted by molar-refractivity contribution is 5.81. The lowest BCUT2D eigenvalue weighted by Crippen LogP contribution is -2.54. The van der Waals surface area contributed by atoms with Crippen molar-refractivity contribution < 1.29 is 4.79 Å². The molecule has 1 unspecified atom stereocenters. The third-order valence-electron chi connectivity index (χ3n) is 10.8. The second-order valence-electron chi connectivity index (χ2n) is 12.4. The molecule has 0 N–H and O–H groups in total. The standard InChI is InChI=1S/C29H43NO/c1-19(2)20(3)7-8-21(4)24-9-10-25-23-12-16-29(18-30)17-22(31)11-15-28(29,6)26(23)13-14-27(24,25)5/h7-8,12,19-21,24-26H,9-11,13-17H2,1-6H3/b8-7+/t20-,21+,24+,25-,26?,27+,28+,29+/m0/s1. The summed E-state index contributed by atoms with van der Waals surface area (Å²) >= 11 is 0. The van der Waals surface area contributed by atoms with Crippen molar-refractivity contribution in [2.45, 2.75) is 92.9 Å². The summed E-state index contributed by atoms with van der Waals surface area (Å²) in [6.07, 6.45) is 15.3. The fourth-order valence-electron chi connectivity index (χ4n) is 8.16.